The largest absolute Gasteiger partial charge is 1.00 e. The van der Waals surface area contributed by atoms with Gasteiger partial charge >= 0.3 is 29.6 Å². The fraction of sp³-hybridized carbons (Fsp3) is 0. The van der Waals surface area contributed by atoms with Crippen molar-refractivity contribution in [2.24, 2.45) is 0 Å². The number of anilines is 3. The van der Waals surface area contributed by atoms with Crippen LogP contribution in [0.4, 0.5) is 17.1 Å². The number of carbonyl (C=O) groups is 2. The zero-order valence-corrected chi connectivity index (χ0v) is 20.6. The van der Waals surface area contributed by atoms with Gasteiger partial charge in [0.05, 0.1) is 27.4 Å². The molecule has 0 fully saturated rings. The molecule has 164 valence electrons. The summed E-state index contributed by atoms with van der Waals surface area (Å²) in [6.07, 6.45) is 0. The Morgan fingerprint density at radius 1 is 0.758 bits per heavy atom. The van der Waals surface area contributed by atoms with Gasteiger partial charge in [0.15, 0.2) is 11.6 Å². The molecular formula is C20H14N2NaO8S2+. The minimum atomic E-state index is -4.90. The van der Waals surface area contributed by atoms with Crippen LogP contribution in [0, 0.1) is 0 Å². The van der Waals surface area contributed by atoms with Gasteiger partial charge in [-0.1, -0.05) is 30.3 Å². The van der Waals surface area contributed by atoms with Crippen LogP contribution in [-0.2, 0) is 20.2 Å². The number of rotatable bonds is 4. The van der Waals surface area contributed by atoms with E-state index in [9.17, 15) is 35.5 Å². The maximum atomic E-state index is 13.2. The summed E-state index contributed by atoms with van der Waals surface area (Å²) in [5.74, 6) is -1.34. The van der Waals surface area contributed by atoms with Crippen LogP contribution in [0.1, 0.15) is 31.8 Å². The van der Waals surface area contributed by atoms with E-state index in [2.05, 4.69) is 5.32 Å². The summed E-state index contributed by atoms with van der Waals surface area (Å²) < 4.78 is 65.5. The average molecular weight is 497 g/mol. The van der Waals surface area contributed by atoms with Crippen LogP contribution in [0.3, 0.4) is 0 Å². The Kier molecular flexibility index (Phi) is 6.56. The first kappa shape index (κ1) is 25.1. The van der Waals surface area contributed by atoms with Gasteiger partial charge in [0.25, 0.3) is 20.2 Å². The van der Waals surface area contributed by atoms with Crippen molar-refractivity contribution < 1.29 is 65.1 Å². The Morgan fingerprint density at radius 3 is 1.88 bits per heavy atom. The van der Waals surface area contributed by atoms with Crippen LogP contribution in [0.2, 0.25) is 0 Å². The summed E-state index contributed by atoms with van der Waals surface area (Å²) in [6, 6.07) is 11.6. The first-order chi connectivity index (χ1) is 14.9. The van der Waals surface area contributed by atoms with Crippen molar-refractivity contribution in [2.75, 3.05) is 11.1 Å². The fourth-order valence-corrected chi connectivity index (χ4v) is 4.67. The quantitative estimate of drug-likeness (QED) is 0.160. The van der Waals surface area contributed by atoms with Crippen molar-refractivity contribution in [3.05, 3.63) is 76.9 Å². The molecule has 0 aliphatic heterocycles. The van der Waals surface area contributed by atoms with Crippen LogP contribution >= 0.6 is 0 Å². The predicted octanol–water partition coefficient (Wildman–Crippen LogP) is -0.715. The Hall–Kier alpha value is -2.58. The maximum absolute atomic E-state index is 13.2. The monoisotopic (exact) mass is 497 g/mol. The number of ketones is 2. The predicted molar refractivity (Wildman–Crippen MR) is 114 cm³/mol. The maximum Gasteiger partial charge on any atom is 1.00 e. The third-order valence-corrected chi connectivity index (χ3v) is 6.63. The molecular weight excluding hydrogens is 483 g/mol. The van der Waals surface area contributed by atoms with Gasteiger partial charge < -0.3 is 11.1 Å². The molecule has 13 heteroatoms. The SMILES string of the molecule is Nc1c(S(=O)(=O)O)cc(Nc2cccc(S(=O)(=O)O)c2)c2c1C(=O)c1ccccc1C2=O.[Na+]. The second kappa shape index (κ2) is 8.65. The van der Waals surface area contributed by atoms with E-state index in [4.69, 9.17) is 5.73 Å². The van der Waals surface area contributed by atoms with Crippen LogP contribution in [0.15, 0.2) is 64.4 Å². The number of nitrogen functional groups attached to an aromatic ring is 1. The zero-order valence-electron chi connectivity index (χ0n) is 16.9. The molecule has 1 aliphatic carbocycles. The molecule has 0 saturated carbocycles. The Labute approximate surface area is 210 Å². The van der Waals surface area contributed by atoms with Crippen LogP contribution in [-0.4, -0.2) is 37.5 Å². The summed E-state index contributed by atoms with van der Waals surface area (Å²) in [4.78, 5) is 25.0. The number of nitrogens with two attached hydrogens (primary N) is 1. The van der Waals surface area contributed by atoms with Gasteiger partial charge in [-0.3, -0.25) is 18.7 Å². The standard InChI is InChI=1S/C20H14N2O8S2.Na/c21-18-15(32(28,29)30)9-14(22-10-4-3-5-11(8-10)31(25,26)27)16-17(18)20(24)13-7-2-1-6-12(13)19(16)23;/h1-9,22H,21H2,(H,25,26,27)(H,28,29,30);/q;+1. The summed E-state index contributed by atoms with van der Waals surface area (Å²) in [5.41, 5.74) is 4.58. The molecule has 0 radical (unpaired) electrons. The third kappa shape index (κ3) is 4.46. The Balaban J connectivity index is 0.00000306. The molecule has 0 heterocycles. The van der Waals surface area contributed by atoms with E-state index in [1.165, 1.54) is 30.3 Å². The first-order valence-electron chi connectivity index (χ1n) is 8.86. The average Bonchev–Trinajstić information content (AvgIpc) is 2.71. The van der Waals surface area contributed by atoms with E-state index >= 15 is 0 Å². The second-order valence-corrected chi connectivity index (χ2v) is 9.70. The van der Waals surface area contributed by atoms with E-state index in [1.807, 2.05) is 0 Å². The molecule has 0 aromatic heterocycles. The smallest absolute Gasteiger partial charge is 0.397 e. The summed E-state index contributed by atoms with van der Waals surface area (Å²) in [5, 5.41) is 2.69. The molecule has 1 aliphatic rings. The van der Waals surface area contributed by atoms with Crippen molar-refractivity contribution >= 4 is 48.9 Å². The molecule has 3 aromatic rings. The van der Waals surface area contributed by atoms with E-state index in [0.29, 0.717) is 0 Å². The van der Waals surface area contributed by atoms with Crippen molar-refractivity contribution in [3.8, 4) is 0 Å². The zero-order chi connectivity index (χ0) is 23.4. The van der Waals surface area contributed by atoms with Crippen molar-refractivity contribution in [2.45, 2.75) is 9.79 Å². The molecule has 5 N–H and O–H groups in total. The molecule has 0 saturated heterocycles. The molecule has 0 unspecified atom stereocenters. The minimum absolute atomic E-state index is 0. The van der Waals surface area contributed by atoms with E-state index in [1.54, 1.807) is 6.07 Å². The van der Waals surface area contributed by atoms with Crippen molar-refractivity contribution in [1.29, 1.82) is 0 Å². The number of nitrogens with one attached hydrogen (secondary N) is 1. The molecule has 0 spiro atoms. The minimum Gasteiger partial charge on any atom is -0.397 e. The molecule has 4 rings (SSSR count). The summed E-state index contributed by atoms with van der Waals surface area (Å²) >= 11 is 0. The molecule has 3 aromatic carbocycles. The van der Waals surface area contributed by atoms with Crippen molar-refractivity contribution in [3.63, 3.8) is 0 Å². The third-order valence-electron chi connectivity index (χ3n) is 4.89. The van der Waals surface area contributed by atoms with Crippen LogP contribution in [0.25, 0.3) is 0 Å². The summed E-state index contributed by atoms with van der Waals surface area (Å²) in [6.45, 7) is 0. The normalized spacial score (nSPS) is 13.0. The molecule has 10 nitrogen and oxygen atoms in total. The Bertz CT molecular complexity index is 1550. The fourth-order valence-electron chi connectivity index (χ4n) is 3.50. The van der Waals surface area contributed by atoms with Gasteiger partial charge in [0.1, 0.15) is 4.90 Å². The van der Waals surface area contributed by atoms with Gasteiger partial charge in [-0.05, 0) is 24.3 Å². The number of carbonyl (C=O) groups excluding carboxylic acids is 2. The van der Waals surface area contributed by atoms with E-state index in [-0.39, 0.29) is 57.6 Å². The van der Waals surface area contributed by atoms with Crippen molar-refractivity contribution in [1.82, 2.24) is 0 Å². The van der Waals surface area contributed by atoms with Gasteiger partial charge in [0.2, 0.25) is 0 Å². The van der Waals surface area contributed by atoms with Gasteiger partial charge in [0, 0.05) is 16.8 Å². The molecule has 33 heavy (non-hydrogen) atoms. The molecule has 0 bridgehead atoms. The topological polar surface area (TPSA) is 181 Å². The molecule has 0 amide bonds. The van der Waals surface area contributed by atoms with E-state index in [0.717, 1.165) is 18.2 Å². The Morgan fingerprint density at radius 2 is 1.33 bits per heavy atom. The number of hydrogen-bond acceptors (Lipinski definition) is 8. The first-order valence-corrected chi connectivity index (χ1v) is 11.7. The summed E-state index contributed by atoms with van der Waals surface area (Å²) in [7, 11) is -9.45. The van der Waals surface area contributed by atoms with Crippen LogP contribution in [0.5, 0.6) is 0 Å². The van der Waals surface area contributed by atoms with E-state index < -0.39 is 52.8 Å². The number of hydrogen-bond donors (Lipinski definition) is 4. The number of fused-ring (bicyclic) bond motifs is 2. The van der Waals surface area contributed by atoms with Gasteiger partial charge in [-0.15, -0.1) is 0 Å². The second-order valence-electron chi connectivity index (χ2n) is 6.89. The van der Waals surface area contributed by atoms with Gasteiger partial charge in [-0.2, -0.15) is 16.8 Å². The number of benzene rings is 3. The molecule has 0 atom stereocenters. The van der Waals surface area contributed by atoms with Crippen LogP contribution < -0.4 is 40.6 Å². The van der Waals surface area contributed by atoms with Gasteiger partial charge in [-0.25, -0.2) is 0 Å².